The van der Waals surface area contributed by atoms with E-state index < -0.39 is 4.92 Å². The maximum absolute atomic E-state index is 10.8. The predicted molar refractivity (Wildman–Crippen MR) is 60.1 cm³/mol. The Labute approximate surface area is 95.2 Å². The molecule has 0 atom stereocenters. The third-order valence-corrected chi connectivity index (χ3v) is 2.28. The van der Waals surface area contributed by atoms with Crippen LogP contribution in [0.25, 0.3) is 11.3 Å². The number of hydrogen-bond acceptors (Lipinski definition) is 4. The van der Waals surface area contributed by atoms with Crippen LogP contribution in [-0.4, -0.2) is 15.1 Å². The van der Waals surface area contributed by atoms with E-state index in [9.17, 15) is 10.1 Å². The molecular weight excluding hydrogens is 232 g/mol. The number of aromatic nitrogens is 2. The molecular formula is C9H7ClN4O2. The van der Waals surface area contributed by atoms with Crippen molar-refractivity contribution in [2.75, 3.05) is 5.73 Å². The molecule has 6 nitrogen and oxygen atoms in total. The second kappa shape index (κ2) is 3.82. The highest BCUT2D eigenvalue weighted by Crippen LogP contribution is 2.31. The van der Waals surface area contributed by atoms with Gasteiger partial charge in [0.25, 0.3) is 5.69 Å². The summed E-state index contributed by atoms with van der Waals surface area (Å²) in [7, 11) is 0. The second-order valence-electron chi connectivity index (χ2n) is 3.13. The molecule has 1 aromatic carbocycles. The van der Waals surface area contributed by atoms with Crippen molar-refractivity contribution in [2.24, 2.45) is 0 Å². The fourth-order valence-corrected chi connectivity index (χ4v) is 1.53. The number of nitro benzene ring substituents is 1. The van der Waals surface area contributed by atoms with Gasteiger partial charge >= 0.3 is 0 Å². The number of nitro groups is 1. The van der Waals surface area contributed by atoms with Gasteiger partial charge in [-0.1, -0.05) is 11.6 Å². The number of anilines is 1. The van der Waals surface area contributed by atoms with Crippen LogP contribution in [0.3, 0.4) is 0 Å². The Hall–Kier alpha value is -2.08. The lowest BCUT2D eigenvalue weighted by Gasteiger charge is -2.00. The Balaban J connectivity index is 2.62. The second-order valence-corrected chi connectivity index (χ2v) is 3.56. The Morgan fingerprint density at radius 1 is 1.44 bits per heavy atom. The van der Waals surface area contributed by atoms with E-state index in [1.807, 2.05) is 0 Å². The standard InChI is InChI=1S/C9H7ClN4O2/c10-5-1-2-8(14(15)16)6(3-5)7-4-9(11)13-12-7/h1-4H,(H3,11,12,13). The Bertz CT molecular complexity index is 552. The zero-order valence-electron chi connectivity index (χ0n) is 7.98. The van der Waals surface area contributed by atoms with Gasteiger partial charge in [0, 0.05) is 17.2 Å². The molecule has 2 aromatic rings. The fourth-order valence-electron chi connectivity index (χ4n) is 1.36. The first-order valence-electron chi connectivity index (χ1n) is 4.33. The predicted octanol–water partition coefficient (Wildman–Crippen LogP) is 2.22. The van der Waals surface area contributed by atoms with Gasteiger partial charge in [-0.2, -0.15) is 5.10 Å². The number of rotatable bonds is 2. The van der Waals surface area contributed by atoms with E-state index in [0.717, 1.165) is 0 Å². The molecule has 0 radical (unpaired) electrons. The van der Waals surface area contributed by atoms with Crippen LogP contribution in [0.4, 0.5) is 11.5 Å². The van der Waals surface area contributed by atoms with E-state index in [2.05, 4.69) is 10.2 Å². The SMILES string of the molecule is Nc1cc(-c2cc(Cl)ccc2[N+](=O)[O-])[nH]n1. The van der Waals surface area contributed by atoms with Crippen LogP contribution in [0.5, 0.6) is 0 Å². The summed E-state index contributed by atoms with van der Waals surface area (Å²) in [6.07, 6.45) is 0. The number of nitrogens with one attached hydrogen (secondary N) is 1. The Morgan fingerprint density at radius 2 is 2.19 bits per heavy atom. The summed E-state index contributed by atoms with van der Waals surface area (Å²) in [5.74, 6) is 0.268. The van der Waals surface area contributed by atoms with Gasteiger partial charge in [0.05, 0.1) is 16.2 Å². The molecule has 0 aliphatic carbocycles. The number of nitrogen functional groups attached to an aromatic ring is 1. The molecule has 3 N–H and O–H groups in total. The maximum atomic E-state index is 10.8. The van der Waals surface area contributed by atoms with Gasteiger partial charge in [-0.15, -0.1) is 0 Å². The average Bonchev–Trinajstić information content (AvgIpc) is 2.64. The van der Waals surface area contributed by atoms with Crippen molar-refractivity contribution >= 4 is 23.1 Å². The molecule has 1 heterocycles. The highest BCUT2D eigenvalue weighted by atomic mass is 35.5. The van der Waals surface area contributed by atoms with Crippen molar-refractivity contribution in [3.05, 3.63) is 39.4 Å². The number of H-pyrrole nitrogens is 1. The van der Waals surface area contributed by atoms with Crippen molar-refractivity contribution in [1.82, 2.24) is 10.2 Å². The van der Waals surface area contributed by atoms with Crippen LogP contribution in [0.1, 0.15) is 0 Å². The van der Waals surface area contributed by atoms with Crippen LogP contribution >= 0.6 is 11.6 Å². The lowest BCUT2D eigenvalue weighted by atomic mass is 10.1. The van der Waals surface area contributed by atoms with E-state index in [1.165, 1.54) is 24.3 Å². The third-order valence-electron chi connectivity index (χ3n) is 2.04. The minimum Gasteiger partial charge on any atom is -0.382 e. The van der Waals surface area contributed by atoms with E-state index in [4.69, 9.17) is 17.3 Å². The first-order chi connectivity index (χ1) is 7.58. The third kappa shape index (κ3) is 1.82. The van der Waals surface area contributed by atoms with Gasteiger partial charge < -0.3 is 5.73 Å². The summed E-state index contributed by atoms with van der Waals surface area (Å²) in [6, 6.07) is 5.81. The average molecular weight is 239 g/mol. The van der Waals surface area contributed by atoms with Crippen LogP contribution in [0.15, 0.2) is 24.3 Å². The summed E-state index contributed by atoms with van der Waals surface area (Å²) in [5.41, 5.74) is 6.21. The molecule has 82 valence electrons. The van der Waals surface area contributed by atoms with Gasteiger partial charge in [-0.3, -0.25) is 15.2 Å². The molecule has 2 rings (SSSR count). The molecule has 0 spiro atoms. The summed E-state index contributed by atoms with van der Waals surface area (Å²) in [4.78, 5) is 10.3. The van der Waals surface area contributed by atoms with Crippen LogP contribution in [0.2, 0.25) is 5.02 Å². The summed E-state index contributed by atoms with van der Waals surface area (Å²) in [6.45, 7) is 0. The summed E-state index contributed by atoms with van der Waals surface area (Å²) < 4.78 is 0. The Morgan fingerprint density at radius 3 is 2.75 bits per heavy atom. The molecule has 0 unspecified atom stereocenters. The van der Waals surface area contributed by atoms with Crippen molar-refractivity contribution in [3.8, 4) is 11.3 Å². The van der Waals surface area contributed by atoms with Crippen LogP contribution in [0, 0.1) is 10.1 Å². The summed E-state index contributed by atoms with van der Waals surface area (Å²) >= 11 is 5.79. The highest BCUT2D eigenvalue weighted by Gasteiger charge is 2.17. The Kier molecular flexibility index (Phi) is 2.49. The first kappa shape index (κ1) is 10.4. The van der Waals surface area contributed by atoms with Crippen molar-refractivity contribution in [3.63, 3.8) is 0 Å². The normalized spacial score (nSPS) is 10.3. The molecule has 7 heteroatoms. The molecule has 0 aliphatic heterocycles. The van der Waals surface area contributed by atoms with Crippen molar-refractivity contribution in [1.29, 1.82) is 0 Å². The largest absolute Gasteiger partial charge is 0.382 e. The molecule has 0 amide bonds. The lowest BCUT2D eigenvalue weighted by Crippen LogP contribution is -1.92. The molecule has 0 fully saturated rings. The van der Waals surface area contributed by atoms with Gasteiger partial charge in [0.2, 0.25) is 0 Å². The van der Waals surface area contributed by atoms with E-state index >= 15 is 0 Å². The number of hydrogen-bond donors (Lipinski definition) is 2. The number of halogens is 1. The van der Waals surface area contributed by atoms with E-state index in [1.54, 1.807) is 0 Å². The zero-order chi connectivity index (χ0) is 11.7. The summed E-state index contributed by atoms with van der Waals surface area (Å²) in [5, 5.41) is 17.5. The van der Waals surface area contributed by atoms with E-state index in [-0.39, 0.29) is 11.5 Å². The van der Waals surface area contributed by atoms with Gasteiger partial charge in [-0.05, 0) is 12.1 Å². The first-order valence-corrected chi connectivity index (χ1v) is 4.71. The number of benzene rings is 1. The van der Waals surface area contributed by atoms with Crippen molar-refractivity contribution < 1.29 is 4.92 Å². The number of aromatic amines is 1. The monoisotopic (exact) mass is 238 g/mol. The van der Waals surface area contributed by atoms with Crippen LogP contribution < -0.4 is 5.73 Å². The number of nitrogens with zero attached hydrogens (tertiary/aromatic N) is 2. The minimum absolute atomic E-state index is 0.0481. The lowest BCUT2D eigenvalue weighted by molar-refractivity contribution is -0.384. The quantitative estimate of drug-likeness (QED) is 0.619. The van der Waals surface area contributed by atoms with Gasteiger partial charge in [0.1, 0.15) is 5.82 Å². The molecule has 0 bridgehead atoms. The number of nitrogens with two attached hydrogens (primary N) is 1. The van der Waals surface area contributed by atoms with Gasteiger partial charge in [-0.25, -0.2) is 0 Å². The minimum atomic E-state index is -0.483. The molecule has 0 saturated carbocycles. The maximum Gasteiger partial charge on any atom is 0.278 e. The molecule has 0 saturated heterocycles. The fraction of sp³-hybridized carbons (Fsp3) is 0. The molecule has 16 heavy (non-hydrogen) atoms. The molecule has 1 aromatic heterocycles. The highest BCUT2D eigenvalue weighted by molar-refractivity contribution is 6.31. The van der Waals surface area contributed by atoms with Gasteiger partial charge in [0.15, 0.2) is 0 Å². The van der Waals surface area contributed by atoms with Crippen LogP contribution in [-0.2, 0) is 0 Å². The molecule has 0 aliphatic rings. The smallest absolute Gasteiger partial charge is 0.278 e. The topological polar surface area (TPSA) is 97.8 Å². The zero-order valence-corrected chi connectivity index (χ0v) is 8.73. The van der Waals surface area contributed by atoms with E-state index in [0.29, 0.717) is 16.3 Å². The van der Waals surface area contributed by atoms with Crippen molar-refractivity contribution in [2.45, 2.75) is 0 Å².